The average molecular weight is 318 g/mol. The summed E-state index contributed by atoms with van der Waals surface area (Å²) in [5, 5.41) is 5.28. The summed E-state index contributed by atoms with van der Waals surface area (Å²) in [6, 6.07) is 8.36. The van der Waals surface area contributed by atoms with Crippen LogP contribution in [0.2, 0.25) is 0 Å². The topological polar surface area (TPSA) is 43.9 Å². The van der Waals surface area contributed by atoms with Gasteiger partial charge >= 0.3 is 0 Å². The zero-order chi connectivity index (χ0) is 12.8. The maximum Gasteiger partial charge on any atom is 0.229 e. The summed E-state index contributed by atoms with van der Waals surface area (Å²) in [5.74, 6) is 2.06. The zero-order valence-corrected chi connectivity index (χ0v) is 11.8. The largest absolute Gasteiger partial charge is 0.340 e. The first-order chi connectivity index (χ1) is 9.29. The van der Waals surface area contributed by atoms with Crippen LogP contribution in [0.25, 0.3) is 10.9 Å². The first-order valence-corrected chi connectivity index (χ1v) is 7.16. The van der Waals surface area contributed by atoms with Gasteiger partial charge in [-0.2, -0.15) is 4.98 Å². The number of fused-ring (bicyclic) bond motifs is 1. The minimum atomic E-state index is 0.511. The molecular formula is C14H12BrN3O. The van der Waals surface area contributed by atoms with Crippen molar-refractivity contribution in [3.8, 4) is 0 Å². The fraction of sp³-hybridized carbons (Fsp3) is 0.286. The molecule has 0 spiro atoms. The van der Waals surface area contributed by atoms with Crippen LogP contribution in [-0.2, 0) is 6.54 Å². The molecule has 0 unspecified atom stereocenters. The van der Waals surface area contributed by atoms with Crippen molar-refractivity contribution in [1.29, 1.82) is 0 Å². The van der Waals surface area contributed by atoms with E-state index in [2.05, 4.69) is 55.0 Å². The second-order valence-electron chi connectivity index (χ2n) is 4.97. The van der Waals surface area contributed by atoms with Crippen LogP contribution < -0.4 is 0 Å². The molecular weight excluding hydrogens is 306 g/mol. The molecule has 0 radical (unpaired) electrons. The van der Waals surface area contributed by atoms with Gasteiger partial charge in [-0.05, 0) is 36.4 Å². The minimum absolute atomic E-state index is 0.511. The molecule has 3 aromatic rings. The van der Waals surface area contributed by atoms with Crippen LogP contribution in [0.15, 0.2) is 39.5 Å². The predicted octanol–water partition coefficient (Wildman–Crippen LogP) is 3.71. The summed E-state index contributed by atoms with van der Waals surface area (Å²) in [6.07, 6.45) is 4.42. The van der Waals surface area contributed by atoms with Crippen molar-refractivity contribution >= 4 is 26.8 Å². The molecule has 1 aliphatic rings. The van der Waals surface area contributed by atoms with E-state index in [0.717, 1.165) is 16.2 Å². The number of halogens is 1. The quantitative estimate of drug-likeness (QED) is 0.739. The number of hydrogen-bond donors (Lipinski definition) is 0. The van der Waals surface area contributed by atoms with Crippen molar-refractivity contribution in [1.82, 2.24) is 14.7 Å². The van der Waals surface area contributed by atoms with Gasteiger partial charge in [0.15, 0.2) is 5.82 Å². The first-order valence-electron chi connectivity index (χ1n) is 6.36. The Morgan fingerprint density at radius 2 is 2.21 bits per heavy atom. The van der Waals surface area contributed by atoms with Crippen molar-refractivity contribution in [3.05, 3.63) is 46.7 Å². The van der Waals surface area contributed by atoms with Crippen LogP contribution in [0, 0.1) is 0 Å². The highest BCUT2D eigenvalue weighted by atomic mass is 79.9. The molecule has 0 atom stereocenters. The molecule has 1 aliphatic carbocycles. The molecule has 0 bridgehead atoms. The molecule has 1 aromatic carbocycles. The molecule has 19 heavy (non-hydrogen) atoms. The standard InChI is InChI=1S/C14H12BrN3O/c15-11-4-3-9-5-6-18(12(9)7-11)8-13-16-14(19-17-13)10-1-2-10/h3-7,10H,1-2,8H2. The third kappa shape index (κ3) is 2.08. The van der Waals surface area contributed by atoms with E-state index < -0.39 is 0 Å². The van der Waals surface area contributed by atoms with Gasteiger partial charge in [0.2, 0.25) is 5.89 Å². The van der Waals surface area contributed by atoms with Crippen molar-refractivity contribution in [3.63, 3.8) is 0 Å². The van der Waals surface area contributed by atoms with Crippen molar-refractivity contribution in [2.75, 3.05) is 0 Å². The fourth-order valence-electron chi connectivity index (χ4n) is 2.28. The summed E-state index contributed by atoms with van der Waals surface area (Å²) in [4.78, 5) is 4.47. The third-order valence-corrected chi connectivity index (χ3v) is 3.95. The number of nitrogens with zero attached hydrogens (tertiary/aromatic N) is 3. The Bertz CT molecular complexity index is 742. The van der Waals surface area contributed by atoms with Gasteiger partial charge in [-0.25, -0.2) is 0 Å². The molecule has 5 heteroatoms. The molecule has 0 N–H and O–H groups in total. The minimum Gasteiger partial charge on any atom is -0.340 e. The monoisotopic (exact) mass is 317 g/mol. The lowest BCUT2D eigenvalue weighted by Crippen LogP contribution is -1.99. The van der Waals surface area contributed by atoms with Crippen LogP contribution in [0.4, 0.5) is 0 Å². The lowest BCUT2D eigenvalue weighted by molar-refractivity contribution is 0.373. The molecule has 1 fully saturated rings. The highest BCUT2D eigenvalue weighted by Gasteiger charge is 2.29. The molecule has 2 heterocycles. The Kier molecular flexibility index (Phi) is 2.48. The molecule has 96 valence electrons. The highest BCUT2D eigenvalue weighted by Crippen LogP contribution is 2.38. The first kappa shape index (κ1) is 11.2. The van der Waals surface area contributed by atoms with Crippen LogP contribution in [-0.4, -0.2) is 14.7 Å². The van der Waals surface area contributed by atoms with Gasteiger partial charge < -0.3 is 9.09 Å². The Morgan fingerprint density at radius 3 is 3.05 bits per heavy atom. The highest BCUT2D eigenvalue weighted by molar-refractivity contribution is 9.10. The SMILES string of the molecule is Brc1ccc2ccn(Cc3noc(C4CC4)n3)c2c1. The number of benzene rings is 1. The third-order valence-electron chi connectivity index (χ3n) is 3.46. The Labute approximate surface area is 118 Å². The molecule has 0 saturated heterocycles. The van der Waals surface area contributed by atoms with Crippen molar-refractivity contribution in [2.24, 2.45) is 0 Å². The normalized spacial score (nSPS) is 15.2. The van der Waals surface area contributed by atoms with Gasteiger partial charge in [0, 0.05) is 22.1 Å². The summed E-state index contributed by atoms with van der Waals surface area (Å²) < 4.78 is 8.51. The summed E-state index contributed by atoms with van der Waals surface area (Å²) >= 11 is 3.51. The summed E-state index contributed by atoms with van der Waals surface area (Å²) in [5.41, 5.74) is 1.17. The van der Waals surface area contributed by atoms with Gasteiger partial charge in [0.05, 0.1) is 6.54 Å². The predicted molar refractivity (Wildman–Crippen MR) is 75.0 cm³/mol. The van der Waals surface area contributed by atoms with E-state index in [1.165, 1.54) is 23.7 Å². The molecule has 0 aliphatic heterocycles. The molecule has 0 amide bonds. The molecule has 2 aromatic heterocycles. The lowest BCUT2D eigenvalue weighted by atomic mass is 10.2. The number of aromatic nitrogens is 3. The number of hydrogen-bond acceptors (Lipinski definition) is 3. The maximum atomic E-state index is 5.29. The van der Waals surface area contributed by atoms with Gasteiger partial charge in [-0.15, -0.1) is 0 Å². The zero-order valence-electron chi connectivity index (χ0n) is 10.2. The Morgan fingerprint density at radius 1 is 1.32 bits per heavy atom. The summed E-state index contributed by atoms with van der Waals surface area (Å²) in [7, 11) is 0. The molecule has 1 saturated carbocycles. The van der Waals surface area contributed by atoms with Gasteiger partial charge in [-0.3, -0.25) is 0 Å². The van der Waals surface area contributed by atoms with E-state index in [-0.39, 0.29) is 0 Å². The maximum absolute atomic E-state index is 5.29. The van der Waals surface area contributed by atoms with Crippen LogP contribution in [0.5, 0.6) is 0 Å². The second-order valence-corrected chi connectivity index (χ2v) is 5.89. The second kappa shape index (κ2) is 4.20. The van der Waals surface area contributed by atoms with Crippen molar-refractivity contribution < 1.29 is 4.52 Å². The van der Waals surface area contributed by atoms with Crippen LogP contribution in [0.1, 0.15) is 30.5 Å². The average Bonchev–Trinajstić information content (AvgIpc) is 3.04. The van der Waals surface area contributed by atoms with Crippen LogP contribution >= 0.6 is 15.9 Å². The van der Waals surface area contributed by atoms with Crippen LogP contribution in [0.3, 0.4) is 0 Å². The smallest absolute Gasteiger partial charge is 0.229 e. The molecule has 4 rings (SSSR count). The molecule has 4 nitrogen and oxygen atoms in total. The van der Waals surface area contributed by atoms with E-state index >= 15 is 0 Å². The van der Waals surface area contributed by atoms with Gasteiger partial charge in [0.1, 0.15) is 0 Å². The lowest BCUT2D eigenvalue weighted by Gasteiger charge is -2.01. The van der Waals surface area contributed by atoms with E-state index in [0.29, 0.717) is 12.5 Å². The van der Waals surface area contributed by atoms with E-state index in [4.69, 9.17) is 4.52 Å². The van der Waals surface area contributed by atoms with Gasteiger partial charge in [-0.1, -0.05) is 27.2 Å². The number of rotatable bonds is 3. The van der Waals surface area contributed by atoms with E-state index in [1.54, 1.807) is 0 Å². The Hall–Kier alpha value is -1.62. The Balaban J connectivity index is 1.67. The van der Waals surface area contributed by atoms with Gasteiger partial charge in [0.25, 0.3) is 0 Å². The van der Waals surface area contributed by atoms with E-state index in [9.17, 15) is 0 Å². The van der Waals surface area contributed by atoms with E-state index in [1.807, 2.05) is 6.07 Å². The van der Waals surface area contributed by atoms with Crippen molar-refractivity contribution in [2.45, 2.75) is 25.3 Å². The summed E-state index contributed by atoms with van der Waals surface area (Å²) in [6.45, 7) is 0.649. The fourth-order valence-corrected chi connectivity index (χ4v) is 2.62.